The molecular formula is C14H10Br2N2O3. The Bertz CT molecular complexity index is 789. The molecule has 2 N–H and O–H groups in total. The van der Waals surface area contributed by atoms with Crippen LogP contribution in [0.1, 0.15) is 22.5 Å². The maximum absolute atomic E-state index is 9.95. The fourth-order valence-electron chi connectivity index (χ4n) is 1.68. The first-order chi connectivity index (χ1) is 9.86. The van der Waals surface area contributed by atoms with Crippen LogP contribution in [0.2, 0.25) is 0 Å². The molecule has 108 valence electrons. The largest absolute Gasteiger partial charge is 0.506 e. The van der Waals surface area contributed by atoms with E-state index < -0.39 is 0 Å². The normalized spacial score (nSPS) is 11.0. The highest BCUT2D eigenvalue weighted by atomic mass is 79.9. The highest BCUT2D eigenvalue weighted by molar-refractivity contribution is 9.11. The monoisotopic (exact) mass is 412 g/mol. The maximum Gasteiger partial charge on any atom is 0.237 e. The van der Waals surface area contributed by atoms with Crippen molar-refractivity contribution >= 4 is 44.0 Å². The molecule has 2 rings (SSSR count). The fraction of sp³-hybridized carbons (Fsp3) is 0.143. The summed E-state index contributed by atoms with van der Waals surface area (Å²) in [6.07, 6.45) is 1.36. The Labute approximate surface area is 137 Å². The van der Waals surface area contributed by atoms with E-state index in [1.807, 2.05) is 6.07 Å². The molecule has 21 heavy (non-hydrogen) atoms. The Hall–Kier alpha value is -1.78. The SMILES string of the molecule is Cc1oc(N=Cc2cc(Br)c(O)c(Br)c2O)c(C#N)c1C. The quantitative estimate of drug-likeness (QED) is 0.711. The van der Waals surface area contributed by atoms with Gasteiger partial charge in [-0.1, -0.05) is 0 Å². The lowest BCUT2D eigenvalue weighted by Gasteiger charge is -2.05. The summed E-state index contributed by atoms with van der Waals surface area (Å²) in [5, 5.41) is 28.7. The molecular weight excluding hydrogens is 404 g/mol. The lowest BCUT2D eigenvalue weighted by atomic mass is 10.2. The first kappa shape index (κ1) is 15.6. The van der Waals surface area contributed by atoms with Gasteiger partial charge in [-0.2, -0.15) is 5.26 Å². The van der Waals surface area contributed by atoms with Crippen LogP contribution in [0, 0.1) is 25.2 Å². The summed E-state index contributed by atoms with van der Waals surface area (Å²) in [7, 11) is 0. The Balaban J connectivity index is 2.49. The van der Waals surface area contributed by atoms with E-state index in [1.165, 1.54) is 12.3 Å². The third-order valence-electron chi connectivity index (χ3n) is 3.00. The Morgan fingerprint density at radius 3 is 2.57 bits per heavy atom. The number of nitrogens with zero attached hydrogens (tertiary/aromatic N) is 2. The third-order valence-corrected chi connectivity index (χ3v) is 4.35. The van der Waals surface area contributed by atoms with E-state index in [4.69, 9.17) is 9.68 Å². The van der Waals surface area contributed by atoms with Gasteiger partial charge in [0.25, 0.3) is 0 Å². The van der Waals surface area contributed by atoms with E-state index in [0.717, 1.165) is 5.56 Å². The number of hydrogen-bond acceptors (Lipinski definition) is 5. The van der Waals surface area contributed by atoms with Crippen LogP contribution in [-0.2, 0) is 0 Å². The molecule has 2 aromatic rings. The molecule has 1 aromatic heterocycles. The van der Waals surface area contributed by atoms with E-state index in [2.05, 4.69) is 36.9 Å². The molecule has 0 amide bonds. The highest BCUT2D eigenvalue weighted by Crippen LogP contribution is 2.41. The van der Waals surface area contributed by atoms with Gasteiger partial charge in [0.15, 0.2) is 0 Å². The van der Waals surface area contributed by atoms with E-state index in [-0.39, 0.29) is 21.9 Å². The van der Waals surface area contributed by atoms with Crippen LogP contribution in [0.4, 0.5) is 5.88 Å². The Kier molecular flexibility index (Phi) is 4.40. The van der Waals surface area contributed by atoms with Gasteiger partial charge in [0.05, 0.1) is 4.47 Å². The van der Waals surface area contributed by atoms with Crippen molar-refractivity contribution in [1.82, 2.24) is 0 Å². The number of phenolic OH excluding ortho intramolecular Hbond substituents is 2. The van der Waals surface area contributed by atoms with E-state index in [0.29, 0.717) is 21.4 Å². The predicted molar refractivity (Wildman–Crippen MR) is 85.3 cm³/mol. The summed E-state index contributed by atoms with van der Waals surface area (Å²) in [6, 6.07) is 3.55. The van der Waals surface area contributed by atoms with Crippen molar-refractivity contribution in [2.45, 2.75) is 13.8 Å². The van der Waals surface area contributed by atoms with Crippen LogP contribution in [0.3, 0.4) is 0 Å². The first-order valence-electron chi connectivity index (χ1n) is 5.80. The van der Waals surface area contributed by atoms with Gasteiger partial charge in [-0.3, -0.25) is 0 Å². The summed E-state index contributed by atoms with van der Waals surface area (Å²) in [5.74, 6) is 0.549. The number of aryl methyl sites for hydroxylation is 1. The van der Waals surface area contributed by atoms with Gasteiger partial charge in [0.1, 0.15) is 33.4 Å². The molecule has 0 radical (unpaired) electrons. The smallest absolute Gasteiger partial charge is 0.237 e. The molecule has 0 fully saturated rings. The minimum Gasteiger partial charge on any atom is -0.506 e. The highest BCUT2D eigenvalue weighted by Gasteiger charge is 2.15. The van der Waals surface area contributed by atoms with Crippen LogP contribution in [0.15, 0.2) is 24.4 Å². The number of furan rings is 1. The van der Waals surface area contributed by atoms with Crippen molar-refractivity contribution < 1.29 is 14.6 Å². The van der Waals surface area contributed by atoms with Gasteiger partial charge in [-0.25, -0.2) is 4.99 Å². The summed E-state index contributed by atoms with van der Waals surface area (Å²) >= 11 is 6.26. The van der Waals surface area contributed by atoms with Crippen LogP contribution in [0.5, 0.6) is 11.5 Å². The molecule has 0 aliphatic carbocycles. The maximum atomic E-state index is 9.95. The molecule has 0 atom stereocenters. The fourth-order valence-corrected chi connectivity index (χ4v) is 2.83. The van der Waals surface area contributed by atoms with Crippen molar-refractivity contribution in [3.8, 4) is 17.6 Å². The summed E-state index contributed by atoms with van der Waals surface area (Å²) in [5.41, 5.74) is 1.46. The number of phenols is 2. The van der Waals surface area contributed by atoms with Crippen molar-refractivity contribution in [3.63, 3.8) is 0 Å². The topological polar surface area (TPSA) is 89.8 Å². The van der Waals surface area contributed by atoms with Gasteiger partial charge in [-0.05, 0) is 51.8 Å². The molecule has 7 heteroatoms. The molecule has 1 aromatic carbocycles. The minimum absolute atomic E-state index is 0.105. The van der Waals surface area contributed by atoms with Crippen molar-refractivity contribution in [2.24, 2.45) is 4.99 Å². The second-order valence-corrected chi connectivity index (χ2v) is 5.94. The number of aliphatic imine (C=N–C) groups is 1. The lowest BCUT2D eigenvalue weighted by Crippen LogP contribution is -1.86. The van der Waals surface area contributed by atoms with E-state index in [9.17, 15) is 10.2 Å². The van der Waals surface area contributed by atoms with Gasteiger partial charge in [-0.15, -0.1) is 0 Å². The average Bonchev–Trinajstić information content (AvgIpc) is 2.73. The number of rotatable bonds is 2. The zero-order valence-electron chi connectivity index (χ0n) is 11.1. The number of aromatic hydroxyl groups is 2. The molecule has 0 unspecified atom stereocenters. The Morgan fingerprint density at radius 2 is 1.95 bits per heavy atom. The van der Waals surface area contributed by atoms with Gasteiger partial charge in [0, 0.05) is 17.3 Å². The zero-order valence-corrected chi connectivity index (χ0v) is 14.3. The second-order valence-electron chi connectivity index (χ2n) is 4.29. The number of benzene rings is 1. The molecule has 1 heterocycles. The van der Waals surface area contributed by atoms with Crippen molar-refractivity contribution in [3.05, 3.63) is 37.5 Å². The van der Waals surface area contributed by atoms with Gasteiger partial charge < -0.3 is 14.6 Å². The molecule has 0 aliphatic rings. The number of halogens is 2. The predicted octanol–water partition coefficient (Wildman–Crippen LogP) is 4.45. The summed E-state index contributed by atoms with van der Waals surface area (Å²) in [6.45, 7) is 3.53. The molecule has 0 saturated heterocycles. The zero-order chi connectivity index (χ0) is 15.7. The Morgan fingerprint density at radius 1 is 1.29 bits per heavy atom. The minimum atomic E-state index is -0.155. The van der Waals surface area contributed by atoms with Crippen LogP contribution in [-0.4, -0.2) is 16.4 Å². The standard InChI is InChI=1S/C14H10Br2N2O3/c1-6-7(2)21-14(9(6)4-17)18-5-8-3-10(15)13(20)11(16)12(8)19/h3,5,19-20H,1-2H3. The first-order valence-corrected chi connectivity index (χ1v) is 7.39. The third kappa shape index (κ3) is 2.82. The van der Waals surface area contributed by atoms with Crippen LogP contribution in [0.25, 0.3) is 0 Å². The molecule has 5 nitrogen and oxygen atoms in total. The van der Waals surface area contributed by atoms with Crippen molar-refractivity contribution in [2.75, 3.05) is 0 Å². The van der Waals surface area contributed by atoms with Crippen LogP contribution >= 0.6 is 31.9 Å². The van der Waals surface area contributed by atoms with Crippen LogP contribution < -0.4 is 0 Å². The van der Waals surface area contributed by atoms with Gasteiger partial charge in [0.2, 0.25) is 5.88 Å². The second kappa shape index (κ2) is 5.92. The van der Waals surface area contributed by atoms with Gasteiger partial charge >= 0.3 is 0 Å². The summed E-state index contributed by atoms with van der Waals surface area (Å²) < 4.78 is 5.97. The lowest BCUT2D eigenvalue weighted by molar-refractivity contribution is 0.442. The molecule has 0 saturated carbocycles. The van der Waals surface area contributed by atoms with E-state index in [1.54, 1.807) is 13.8 Å². The molecule has 0 aliphatic heterocycles. The molecule has 0 spiro atoms. The summed E-state index contributed by atoms with van der Waals surface area (Å²) in [4.78, 5) is 4.10. The molecule has 0 bridgehead atoms. The van der Waals surface area contributed by atoms with Crippen molar-refractivity contribution in [1.29, 1.82) is 5.26 Å². The number of nitriles is 1. The average molecular weight is 414 g/mol. The van der Waals surface area contributed by atoms with E-state index >= 15 is 0 Å². The number of hydrogen-bond donors (Lipinski definition) is 2.